The normalized spacial score (nSPS) is 12.3. The molecule has 3 heterocycles. The third-order valence-electron chi connectivity index (χ3n) is 2.11. The van der Waals surface area contributed by atoms with Gasteiger partial charge in [0, 0.05) is 6.20 Å². The third kappa shape index (κ3) is 0.743. The van der Waals surface area contributed by atoms with Crippen LogP contribution in [0.2, 0.25) is 0 Å². The van der Waals surface area contributed by atoms with Gasteiger partial charge in [0.1, 0.15) is 11.8 Å². The predicted molar refractivity (Wildman–Crippen MR) is 51.3 cm³/mol. The van der Waals surface area contributed by atoms with Crippen LogP contribution in [0.15, 0.2) is 23.7 Å². The fourth-order valence-electron chi connectivity index (χ4n) is 1.55. The molecule has 6 heteroatoms. The van der Waals surface area contributed by atoms with Crippen molar-refractivity contribution in [3.8, 4) is 0 Å². The minimum atomic E-state index is 0.662. The molecular weight excluding hydrogens is 180 g/mol. The lowest BCUT2D eigenvalue weighted by Gasteiger charge is -1.86. The van der Waals surface area contributed by atoms with Gasteiger partial charge in [-0.15, -0.1) is 0 Å². The fraction of sp³-hybridized carbons (Fsp3) is 0. The summed E-state index contributed by atoms with van der Waals surface area (Å²) in [4.78, 5) is 12.4. The maximum absolute atomic E-state index is 5.08. The molecule has 0 saturated heterocycles. The van der Waals surface area contributed by atoms with E-state index in [9.17, 15) is 0 Å². The maximum atomic E-state index is 5.08. The van der Waals surface area contributed by atoms with Gasteiger partial charge in [0.05, 0.1) is 11.7 Å². The van der Waals surface area contributed by atoms with E-state index in [2.05, 4.69) is 20.1 Å². The van der Waals surface area contributed by atoms with Gasteiger partial charge in [0.25, 0.3) is 0 Å². The second-order valence-electron chi connectivity index (χ2n) is 2.87. The van der Waals surface area contributed by atoms with E-state index in [1.54, 1.807) is 0 Å². The second kappa shape index (κ2) is 2.38. The van der Waals surface area contributed by atoms with Gasteiger partial charge in [0.15, 0.2) is 11.5 Å². The molecule has 0 fully saturated rings. The molecule has 0 radical (unpaired) electrons. The lowest BCUT2D eigenvalue weighted by molar-refractivity contribution is 1.14. The molecule has 0 atom stereocenters. The molecule has 3 rings (SSSR count). The van der Waals surface area contributed by atoms with Gasteiger partial charge in [-0.25, -0.2) is 15.0 Å². The number of hydrogen-bond donors (Lipinski definition) is 1. The average molecular weight is 186 g/mol. The zero-order valence-electron chi connectivity index (χ0n) is 7.12. The third-order valence-corrected chi connectivity index (χ3v) is 2.11. The summed E-state index contributed by atoms with van der Waals surface area (Å²) in [5, 5.41) is 3.44. The van der Waals surface area contributed by atoms with E-state index in [1.807, 2.05) is 16.7 Å². The highest BCUT2D eigenvalue weighted by Crippen LogP contribution is 2.18. The van der Waals surface area contributed by atoms with Crippen molar-refractivity contribution in [3.05, 3.63) is 24.4 Å². The zero-order valence-corrected chi connectivity index (χ0v) is 7.12. The highest BCUT2D eigenvalue weighted by molar-refractivity contribution is 5.93. The predicted octanol–water partition coefficient (Wildman–Crippen LogP) is 0.00790. The van der Waals surface area contributed by atoms with E-state index >= 15 is 0 Å². The molecule has 6 nitrogen and oxygen atoms in total. The molecule has 2 N–H and O–H groups in total. The van der Waals surface area contributed by atoms with Crippen LogP contribution in [-0.2, 0) is 0 Å². The van der Waals surface area contributed by atoms with Crippen LogP contribution in [0.4, 0.5) is 0 Å². The van der Waals surface area contributed by atoms with Gasteiger partial charge in [-0.05, 0) is 6.07 Å². The van der Waals surface area contributed by atoms with Crippen LogP contribution in [0.25, 0.3) is 16.7 Å². The monoisotopic (exact) mass is 186 g/mol. The number of imidazole rings is 1. The molecule has 0 aliphatic carbocycles. The first kappa shape index (κ1) is 7.19. The van der Waals surface area contributed by atoms with Crippen LogP contribution in [0.1, 0.15) is 5.82 Å². The second-order valence-corrected chi connectivity index (χ2v) is 2.87. The molecule has 0 saturated carbocycles. The Morgan fingerprint density at radius 3 is 3.21 bits per heavy atom. The summed E-state index contributed by atoms with van der Waals surface area (Å²) in [6, 6.07) is 1.90. The van der Waals surface area contributed by atoms with Crippen molar-refractivity contribution < 1.29 is 0 Å². The van der Waals surface area contributed by atoms with Crippen molar-refractivity contribution in [1.29, 1.82) is 0 Å². The largest absolute Gasteiger partial charge is 0.323 e. The van der Waals surface area contributed by atoms with Crippen LogP contribution in [0.3, 0.4) is 0 Å². The maximum Gasteiger partial charge on any atom is 0.182 e. The van der Waals surface area contributed by atoms with Gasteiger partial charge < -0.3 is 5.84 Å². The summed E-state index contributed by atoms with van der Waals surface area (Å²) in [6.07, 6.45) is 4.85. The van der Waals surface area contributed by atoms with Crippen molar-refractivity contribution in [1.82, 2.24) is 19.4 Å². The Morgan fingerprint density at radius 2 is 2.36 bits per heavy atom. The molecule has 0 aliphatic heterocycles. The number of nitrogens with two attached hydrogens (primary N) is 1. The van der Waals surface area contributed by atoms with Crippen molar-refractivity contribution in [3.63, 3.8) is 0 Å². The molecule has 0 amide bonds. The SMILES string of the molecule is N/N=C/c1nc2ncnc3ccn1c32. The van der Waals surface area contributed by atoms with Crippen LogP contribution >= 0.6 is 0 Å². The molecule has 14 heavy (non-hydrogen) atoms. The summed E-state index contributed by atoms with van der Waals surface area (Å²) in [6.45, 7) is 0. The molecule has 0 unspecified atom stereocenters. The topological polar surface area (TPSA) is 81.5 Å². The number of nitrogens with zero attached hydrogens (tertiary/aromatic N) is 5. The molecule has 3 aromatic rings. The summed E-state index contributed by atoms with van der Waals surface area (Å²) < 4.78 is 1.86. The van der Waals surface area contributed by atoms with Gasteiger partial charge in [-0.3, -0.25) is 4.40 Å². The van der Waals surface area contributed by atoms with Gasteiger partial charge in [-0.1, -0.05) is 0 Å². The standard InChI is InChI=1S/C8H6N6/c9-12-3-6-13-8-7-5(10-4-11-8)1-2-14(6)7/h1-4H,9H2/b12-3+. The van der Waals surface area contributed by atoms with Crippen molar-refractivity contribution in [2.75, 3.05) is 0 Å². The Morgan fingerprint density at radius 1 is 1.43 bits per heavy atom. The van der Waals surface area contributed by atoms with Gasteiger partial charge >= 0.3 is 0 Å². The van der Waals surface area contributed by atoms with E-state index in [4.69, 9.17) is 5.84 Å². The zero-order chi connectivity index (χ0) is 9.54. The fourth-order valence-corrected chi connectivity index (χ4v) is 1.55. The molecule has 0 aliphatic rings. The summed E-state index contributed by atoms with van der Waals surface area (Å²) in [5.74, 6) is 5.74. The molecule has 0 bridgehead atoms. The van der Waals surface area contributed by atoms with Crippen molar-refractivity contribution >= 4 is 22.9 Å². The molecule has 68 valence electrons. The highest BCUT2D eigenvalue weighted by Gasteiger charge is 2.11. The van der Waals surface area contributed by atoms with Crippen LogP contribution in [0.5, 0.6) is 0 Å². The van der Waals surface area contributed by atoms with Crippen LogP contribution < -0.4 is 5.84 Å². The quantitative estimate of drug-likeness (QED) is 0.329. The molecular formula is C8H6N6. The lowest BCUT2D eigenvalue weighted by atomic mass is 10.4. The van der Waals surface area contributed by atoms with Crippen LogP contribution in [0, 0.1) is 0 Å². The van der Waals surface area contributed by atoms with E-state index in [0.717, 1.165) is 11.0 Å². The first-order valence-electron chi connectivity index (χ1n) is 4.04. The Labute approximate surface area is 78.4 Å². The minimum Gasteiger partial charge on any atom is -0.323 e. The first-order chi connectivity index (χ1) is 6.90. The van der Waals surface area contributed by atoms with Gasteiger partial charge in [0.2, 0.25) is 0 Å². The smallest absolute Gasteiger partial charge is 0.182 e. The highest BCUT2D eigenvalue weighted by atomic mass is 15.1. The van der Waals surface area contributed by atoms with Gasteiger partial charge in [-0.2, -0.15) is 5.10 Å². The summed E-state index contributed by atoms with van der Waals surface area (Å²) in [5.41, 5.74) is 2.44. The summed E-state index contributed by atoms with van der Waals surface area (Å²) in [7, 11) is 0. The number of hydrazone groups is 1. The Balaban J connectivity index is 2.53. The number of aromatic nitrogens is 4. The first-order valence-corrected chi connectivity index (χ1v) is 4.04. The number of rotatable bonds is 1. The molecule has 0 spiro atoms. The Hall–Kier alpha value is -2.24. The van der Waals surface area contributed by atoms with Crippen LogP contribution in [-0.4, -0.2) is 25.6 Å². The molecule has 0 aromatic carbocycles. The lowest BCUT2D eigenvalue weighted by Crippen LogP contribution is -1.92. The van der Waals surface area contributed by atoms with Crippen molar-refractivity contribution in [2.45, 2.75) is 0 Å². The van der Waals surface area contributed by atoms with Crippen molar-refractivity contribution in [2.24, 2.45) is 10.9 Å². The number of hydrogen-bond acceptors (Lipinski definition) is 5. The average Bonchev–Trinajstić information content (AvgIpc) is 2.75. The van der Waals surface area contributed by atoms with E-state index < -0.39 is 0 Å². The van der Waals surface area contributed by atoms with E-state index in [1.165, 1.54) is 12.5 Å². The summed E-state index contributed by atoms with van der Waals surface area (Å²) >= 11 is 0. The Kier molecular flexibility index (Phi) is 1.22. The minimum absolute atomic E-state index is 0.662. The van der Waals surface area contributed by atoms with E-state index in [0.29, 0.717) is 11.5 Å². The molecule has 3 aromatic heterocycles. The Bertz CT molecular complexity index is 610. The van der Waals surface area contributed by atoms with E-state index in [-0.39, 0.29) is 0 Å².